The van der Waals surface area contributed by atoms with Crippen LogP contribution in [0.4, 0.5) is 4.79 Å². The fraction of sp³-hybridized carbons (Fsp3) is 0.800. The first-order valence-corrected chi connectivity index (χ1v) is 6.98. The van der Waals surface area contributed by atoms with Crippen molar-refractivity contribution in [1.29, 1.82) is 0 Å². The van der Waals surface area contributed by atoms with Gasteiger partial charge in [0.05, 0.1) is 5.54 Å². The van der Waals surface area contributed by atoms with Crippen molar-refractivity contribution in [3.63, 3.8) is 0 Å². The molecule has 8 nitrogen and oxygen atoms in total. The monoisotopic (exact) mass is 294 g/mol. The van der Waals surface area contributed by atoms with Gasteiger partial charge in [0, 0.05) is 0 Å². The Bertz CT molecular complexity index is 505. The van der Waals surface area contributed by atoms with Gasteiger partial charge in [-0.2, -0.15) is 8.42 Å². The fourth-order valence-electron chi connectivity index (χ4n) is 1.83. The molecule has 0 aromatic rings. The number of nitrogens with one attached hydrogen (secondary N) is 1. The normalized spacial score (nSPS) is 22.7. The molecule has 0 radical (unpaired) electrons. The van der Waals surface area contributed by atoms with Gasteiger partial charge in [-0.15, -0.1) is 0 Å². The summed E-state index contributed by atoms with van der Waals surface area (Å²) in [6.45, 7) is 7.79. The summed E-state index contributed by atoms with van der Waals surface area (Å²) in [5.41, 5.74) is -1.98. The van der Waals surface area contributed by atoms with Gasteiger partial charge in [-0.05, 0) is 34.6 Å². The third-order valence-corrected chi connectivity index (χ3v) is 3.68. The molecule has 2 N–H and O–H groups in total. The molecule has 0 aliphatic carbocycles. The van der Waals surface area contributed by atoms with Crippen molar-refractivity contribution >= 4 is 22.3 Å². The van der Waals surface area contributed by atoms with E-state index < -0.39 is 39.5 Å². The van der Waals surface area contributed by atoms with E-state index in [2.05, 4.69) is 5.32 Å². The predicted molar refractivity (Wildman–Crippen MR) is 65.6 cm³/mol. The molecule has 0 aromatic carbocycles. The van der Waals surface area contributed by atoms with Crippen LogP contribution in [0.3, 0.4) is 0 Å². The first-order chi connectivity index (χ1) is 8.27. The van der Waals surface area contributed by atoms with Crippen LogP contribution in [0, 0.1) is 0 Å². The van der Waals surface area contributed by atoms with Gasteiger partial charge in [0.25, 0.3) is 5.91 Å². The largest absolute Gasteiger partial charge is 0.444 e. The van der Waals surface area contributed by atoms with Crippen LogP contribution in [0.2, 0.25) is 0 Å². The molecule has 9 heteroatoms. The Balaban J connectivity index is 2.79. The molecule has 110 valence electrons. The van der Waals surface area contributed by atoms with Crippen LogP contribution >= 0.6 is 0 Å². The highest BCUT2D eigenvalue weighted by Crippen LogP contribution is 2.34. The number of rotatable bonds is 2. The smallest absolute Gasteiger partial charge is 0.408 e. The first-order valence-electron chi connectivity index (χ1n) is 5.58. The van der Waals surface area contributed by atoms with Crippen LogP contribution in [-0.4, -0.2) is 46.5 Å². The van der Waals surface area contributed by atoms with Gasteiger partial charge in [0.1, 0.15) is 11.6 Å². The molecule has 1 rings (SSSR count). The third-order valence-electron chi connectivity index (χ3n) is 2.57. The van der Waals surface area contributed by atoms with E-state index in [1.54, 1.807) is 20.8 Å². The molecule has 1 heterocycles. The van der Waals surface area contributed by atoms with Gasteiger partial charge in [-0.3, -0.25) is 9.35 Å². The van der Waals surface area contributed by atoms with E-state index in [1.807, 2.05) is 0 Å². The number of nitrogens with zero attached hydrogens (tertiary/aromatic N) is 1. The number of ether oxygens (including phenoxy) is 1. The van der Waals surface area contributed by atoms with Gasteiger partial charge in [-0.25, -0.2) is 9.10 Å². The second-order valence-corrected chi connectivity index (χ2v) is 7.07. The quantitative estimate of drug-likeness (QED) is 0.559. The first kappa shape index (κ1) is 15.7. The summed E-state index contributed by atoms with van der Waals surface area (Å²) < 4.78 is 36.2. The summed E-state index contributed by atoms with van der Waals surface area (Å²) in [6.07, 6.45) is -0.825. The van der Waals surface area contributed by atoms with Crippen molar-refractivity contribution in [2.75, 3.05) is 0 Å². The number of hydrogen-bond donors (Lipinski definition) is 2. The Labute approximate surface area is 112 Å². The van der Waals surface area contributed by atoms with Crippen molar-refractivity contribution in [1.82, 2.24) is 9.62 Å². The summed E-state index contributed by atoms with van der Waals surface area (Å²) in [4.78, 5) is 23.2. The molecule has 0 bridgehead atoms. The number of amides is 2. The average Bonchev–Trinajstić information content (AvgIpc) is 2.08. The fourth-order valence-corrected chi connectivity index (χ4v) is 2.86. The molecule has 1 atom stereocenters. The number of carbonyl (C=O) groups is 2. The average molecular weight is 294 g/mol. The van der Waals surface area contributed by atoms with Crippen LogP contribution in [0.5, 0.6) is 0 Å². The van der Waals surface area contributed by atoms with Crippen LogP contribution in [0.1, 0.15) is 34.6 Å². The SMILES string of the molecule is CC(C)(C)OC(=O)NC1C(=O)N(S(=O)(=O)O)C1(C)C. The highest BCUT2D eigenvalue weighted by atomic mass is 32.2. The molecule has 0 spiro atoms. The van der Waals surface area contributed by atoms with E-state index in [0.29, 0.717) is 4.31 Å². The lowest BCUT2D eigenvalue weighted by atomic mass is 9.85. The maximum Gasteiger partial charge on any atom is 0.408 e. The van der Waals surface area contributed by atoms with Crippen molar-refractivity contribution < 1.29 is 27.3 Å². The van der Waals surface area contributed by atoms with Crippen LogP contribution in [0.25, 0.3) is 0 Å². The standard InChI is InChI=1S/C10H18N2O6S/c1-9(2,3)18-8(14)11-6-7(13)12(10(6,4)5)19(15,16)17/h6H,1-5H3,(H,11,14)(H,15,16,17). The van der Waals surface area contributed by atoms with E-state index in [-0.39, 0.29) is 0 Å². The third kappa shape index (κ3) is 3.16. The van der Waals surface area contributed by atoms with E-state index in [1.165, 1.54) is 13.8 Å². The summed E-state index contributed by atoms with van der Waals surface area (Å²) in [6, 6.07) is -1.07. The molecule has 1 aliphatic heterocycles. The Hall–Kier alpha value is -1.35. The zero-order chi connectivity index (χ0) is 15.2. The topological polar surface area (TPSA) is 113 Å². The van der Waals surface area contributed by atoms with Crippen LogP contribution < -0.4 is 5.32 Å². The van der Waals surface area contributed by atoms with Gasteiger partial charge in [0.15, 0.2) is 0 Å². The summed E-state index contributed by atoms with van der Waals surface area (Å²) in [5, 5.41) is 2.29. The molecule has 1 unspecified atom stereocenters. The molecule has 19 heavy (non-hydrogen) atoms. The molecule has 1 aliphatic rings. The Morgan fingerprint density at radius 3 is 2.21 bits per heavy atom. The lowest BCUT2D eigenvalue weighted by Crippen LogP contribution is -2.77. The van der Waals surface area contributed by atoms with E-state index in [9.17, 15) is 18.0 Å². The zero-order valence-electron chi connectivity index (χ0n) is 11.4. The van der Waals surface area contributed by atoms with Crippen LogP contribution in [0.15, 0.2) is 0 Å². The predicted octanol–water partition coefficient (Wildman–Crippen LogP) is 0.303. The van der Waals surface area contributed by atoms with Gasteiger partial charge >= 0.3 is 16.4 Å². The van der Waals surface area contributed by atoms with Gasteiger partial charge < -0.3 is 10.1 Å². The Morgan fingerprint density at radius 1 is 1.42 bits per heavy atom. The summed E-state index contributed by atoms with van der Waals surface area (Å²) >= 11 is 0. The van der Waals surface area contributed by atoms with Crippen molar-refractivity contribution in [3.05, 3.63) is 0 Å². The molecule has 1 saturated heterocycles. The molecule has 1 fully saturated rings. The van der Waals surface area contributed by atoms with Crippen molar-refractivity contribution in [3.8, 4) is 0 Å². The van der Waals surface area contributed by atoms with Crippen LogP contribution in [-0.2, 0) is 19.8 Å². The Morgan fingerprint density at radius 2 is 1.89 bits per heavy atom. The maximum absolute atomic E-state index is 11.6. The van der Waals surface area contributed by atoms with Crippen molar-refractivity contribution in [2.45, 2.75) is 51.8 Å². The van der Waals surface area contributed by atoms with Gasteiger partial charge in [-0.1, -0.05) is 0 Å². The molecule has 2 amide bonds. The van der Waals surface area contributed by atoms with E-state index >= 15 is 0 Å². The number of carbonyl (C=O) groups excluding carboxylic acids is 2. The molecular weight excluding hydrogens is 276 g/mol. The van der Waals surface area contributed by atoms with Gasteiger partial charge in [0.2, 0.25) is 0 Å². The van der Waals surface area contributed by atoms with Crippen molar-refractivity contribution in [2.24, 2.45) is 0 Å². The Kier molecular flexibility index (Phi) is 3.59. The lowest BCUT2D eigenvalue weighted by Gasteiger charge is -2.50. The molecule has 0 aromatic heterocycles. The highest BCUT2D eigenvalue weighted by molar-refractivity contribution is 7.84. The number of β-lactam (4-membered cyclic amide) rings is 1. The van der Waals surface area contributed by atoms with E-state index in [4.69, 9.17) is 9.29 Å². The second kappa shape index (κ2) is 4.34. The minimum absolute atomic E-state index is 0.321. The minimum Gasteiger partial charge on any atom is -0.444 e. The number of alkyl carbamates (subject to hydrolysis) is 1. The molecule has 0 saturated carbocycles. The highest BCUT2D eigenvalue weighted by Gasteiger charge is 2.60. The second-order valence-electron chi connectivity index (χ2n) is 5.81. The minimum atomic E-state index is -4.64. The summed E-state index contributed by atoms with van der Waals surface area (Å²) in [7, 11) is -4.64. The lowest BCUT2D eigenvalue weighted by molar-refractivity contribution is -0.149. The van der Waals surface area contributed by atoms with E-state index in [0.717, 1.165) is 0 Å². The number of hydrogen-bond acceptors (Lipinski definition) is 5. The summed E-state index contributed by atoms with van der Waals surface area (Å²) in [5.74, 6) is -0.904. The molecular formula is C10H18N2O6S. The zero-order valence-corrected chi connectivity index (χ0v) is 12.2. The maximum atomic E-state index is 11.6.